The Balaban J connectivity index is 1.67. The molecule has 2 heterocycles. The molecular formula is C16H16F2N4O2. The van der Waals surface area contributed by atoms with Crippen molar-refractivity contribution in [2.75, 3.05) is 6.54 Å². The van der Waals surface area contributed by atoms with Gasteiger partial charge in [-0.25, -0.2) is 8.78 Å². The second-order valence-electron chi connectivity index (χ2n) is 5.63. The van der Waals surface area contributed by atoms with E-state index in [2.05, 4.69) is 15.5 Å². The average molecular weight is 334 g/mol. The van der Waals surface area contributed by atoms with Crippen molar-refractivity contribution in [2.24, 2.45) is 0 Å². The summed E-state index contributed by atoms with van der Waals surface area (Å²) < 4.78 is 26.7. The van der Waals surface area contributed by atoms with Gasteiger partial charge in [-0.2, -0.15) is 5.10 Å². The second-order valence-corrected chi connectivity index (χ2v) is 5.63. The number of nitrogens with one attached hydrogen (secondary N) is 2. The van der Waals surface area contributed by atoms with Gasteiger partial charge >= 0.3 is 0 Å². The zero-order valence-corrected chi connectivity index (χ0v) is 12.8. The van der Waals surface area contributed by atoms with Gasteiger partial charge < -0.3 is 10.2 Å². The Labute approximate surface area is 136 Å². The molecule has 6 nitrogen and oxygen atoms in total. The van der Waals surface area contributed by atoms with Crippen molar-refractivity contribution in [1.82, 2.24) is 20.4 Å². The van der Waals surface area contributed by atoms with E-state index < -0.39 is 23.6 Å². The van der Waals surface area contributed by atoms with Gasteiger partial charge in [0.1, 0.15) is 23.4 Å². The Hall–Kier alpha value is -2.77. The van der Waals surface area contributed by atoms with Gasteiger partial charge in [0.2, 0.25) is 5.91 Å². The van der Waals surface area contributed by atoms with Crippen molar-refractivity contribution >= 4 is 11.8 Å². The number of rotatable bonds is 4. The van der Waals surface area contributed by atoms with Crippen molar-refractivity contribution in [3.63, 3.8) is 0 Å². The quantitative estimate of drug-likeness (QED) is 0.892. The van der Waals surface area contributed by atoms with Crippen molar-refractivity contribution in [3.8, 4) is 0 Å². The van der Waals surface area contributed by atoms with Gasteiger partial charge in [0.05, 0.1) is 0 Å². The summed E-state index contributed by atoms with van der Waals surface area (Å²) in [6.07, 6.45) is 2.64. The van der Waals surface area contributed by atoms with Crippen LogP contribution in [-0.4, -0.2) is 39.5 Å². The number of hydrogen-bond acceptors (Lipinski definition) is 3. The molecule has 0 unspecified atom stereocenters. The minimum Gasteiger partial charge on any atom is -0.339 e. The average Bonchev–Trinajstić information content (AvgIpc) is 3.08. The summed E-state index contributed by atoms with van der Waals surface area (Å²) in [6.45, 7) is 0.507. The predicted octanol–water partition coefficient (Wildman–Crippen LogP) is 1.61. The fourth-order valence-electron chi connectivity index (χ4n) is 2.71. The molecule has 126 valence electrons. The van der Waals surface area contributed by atoms with Crippen molar-refractivity contribution in [1.29, 1.82) is 0 Å². The first-order valence-electron chi connectivity index (χ1n) is 7.57. The highest BCUT2D eigenvalue weighted by molar-refractivity contribution is 5.96. The number of carbonyl (C=O) groups is 2. The van der Waals surface area contributed by atoms with E-state index in [1.807, 2.05) is 0 Å². The van der Waals surface area contributed by atoms with Crippen LogP contribution in [0.15, 0.2) is 30.5 Å². The molecule has 0 aliphatic carbocycles. The van der Waals surface area contributed by atoms with Crippen LogP contribution in [0.1, 0.15) is 28.9 Å². The van der Waals surface area contributed by atoms with Crippen LogP contribution in [0.4, 0.5) is 8.78 Å². The SMILES string of the molecule is O=C(N[C@H]1CCCN(Cc2ccc(F)cc2F)C1=O)c1ccn[nH]1. The maximum Gasteiger partial charge on any atom is 0.269 e. The summed E-state index contributed by atoms with van der Waals surface area (Å²) >= 11 is 0. The number of hydrogen-bond donors (Lipinski definition) is 2. The molecule has 8 heteroatoms. The zero-order chi connectivity index (χ0) is 17.1. The lowest BCUT2D eigenvalue weighted by atomic mass is 10.0. The Morgan fingerprint density at radius 3 is 2.92 bits per heavy atom. The number of carbonyl (C=O) groups excluding carboxylic acids is 2. The summed E-state index contributed by atoms with van der Waals surface area (Å²) in [5.74, 6) is -2.05. The molecule has 0 bridgehead atoms. The van der Waals surface area contributed by atoms with Crippen molar-refractivity contribution < 1.29 is 18.4 Å². The highest BCUT2D eigenvalue weighted by Crippen LogP contribution is 2.18. The number of nitrogens with zero attached hydrogens (tertiary/aromatic N) is 2. The molecule has 0 spiro atoms. The lowest BCUT2D eigenvalue weighted by molar-refractivity contribution is -0.136. The van der Waals surface area contributed by atoms with Gasteiger partial charge in [0, 0.05) is 30.9 Å². The third kappa shape index (κ3) is 3.42. The molecule has 1 aliphatic rings. The Kier molecular flexibility index (Phi) is 4.54. The molecule has 3 rings (SSSR count). The van der Waals surface area contributed by atoms with E-state index in [-0.39, 0.29) is 23.7 Å². The molecule has 1 aliphatic heterocycles. The highest BCUT2D eigenvalue weighted by atomic mass is 19.1. The van der Waals surface area contributed by atoms with Crippen LogP contribution in [-0.2, 0) is 11.3 Å². The highest BCUT2D eigenvalue weighted by Gasteiger charge is 2.30. The van der Waals surface area contributed by atoms with Crippen LogP contribution in [0.25, 0.3) is 0 Å². The summed E-state index contributed by atoms with van der Waals surface area (Å²) in [5, 5.41) is 8.88. The molecule has 2 N–H and O–H groups in total. The number of likely N-dealkylation sites (tertiary alicyclic amines) is 1. The predicted molar refractivity (Wildman–Crippen MR) is 80.9 cm³/mol. The van der Waals surface area contributed by atoms with E-state index in [0.717, 1.165) is 12.1 Å². The van der Waals surface area contributed by atoms with Gasteiger partial charge in [-0.15, -0.1) is 0 Å². The summed E-state index contributed by atoms with van der Waals surface area (Å²) in [5.41, 5.74) is 0.509. The molecule has 0 radical (unpaired) electrons. The Morgan fingerprint density at radius 2 is 2.21 bits per heavy atom. The number of aromatic amines is 1. The van der Waals surface area contributed by atoms with E-state index in [4.69, 9.17) is 0 Å². The van der Waals surface area contributed by atoms with E-state index >= 15 is 0 Å². The molecule has 24 heavy (non-hydrogen) atoms. The molecule has 2 amide bonds. The van der Waals surface area contributed by atoms with E-state index in [1.165, 1.54) is 23.2 Å². The topological polar surface area (TPSA) is 78.1 Å². The van der Waals surface area contributed by atoms with E-state index in [1.54, 1.807) is 0 Å². The van der Waals surface area contributed by atoms with Crippen LogP contribution < -0.4 is 5.32 Å². The number of H-pyrrole nitrogens is 1. The second kappa shape index (κ2) is 6.77. The van der Waals surface area contributed by atoms with Gasteiger partial charge in [-0.1, -0.05) is 6.07 Å². The Morgan fingerprint density at radius 1 is 1.38 bits per heavy atom. The number of piperidine rings is 1. The number of benzene rings is 1. The van der Waals surface area contributed by atoms with Gasteiger partial charge in [0.25, 0.3) is 5.91 Å². The molecule has 1 saturated heterocycles. The van der Waals surface area contributed by atoms with E-state index in [0.29, 0.717) is 19.4 Å². The molecular weight excluding hydrogens is 318 g/mol. The van der Waals surface area contributed by atoms with Crippen molar-refractivity contribution in [3.05, 3.63) is 53.4 Å². The first-order valence-corrected chi connectivity index (χ1v) is 7.57. The number of halogens is 2. The van der Waals surface area contributed by atoms with E-state index in [9.17, 15) is 18.4 Å². The standard InChI is InChI=1S/C16H16F2N4O2/c17-11-4-3-10(12(18)8-11)9-22-7-1-2-14(16(22)24)20-15(23)13-5-6-19-21-13/h3-6,8,14H,1-2,7,9H2,(H,19,21)(H,20,23)/t14-/m0/s1. The van der Waals surface area contributed by atoms with Crippen molar-refractivity contribution in [2.45, 2.75) is 25.4 Å². The van der Waals surface area contributed by atoms with Gasteiger partial charge in [0.15, 0.2) is 0 Å². The minimum atomic E-state index is -0.689. The fourth-order valence-corrected chi connectivity index (χ4v) is 2.71. The lowest BCUT2D eigenvalue weighted by Crippen LogP contribution is -2.52. The van der Waals surface area contributed by atoms with Crippen LogP contribution in [0.3, 0.4) is 0 Å². The molecule has 1 fully saturated rings. The van der Waals surface area contributed by atoms with Crippen LogP contribution >= 0.6 is 0 Å². The molecule has 2 aromatic rings. The van der Waals surface area contributed by atoms with Gasteiger partial charge in [-0.05, 0) is 25.0 Å². The number of amides is 2. The Bertz CT molecular complexity index is 749. The maximum absolute atomic E-state index is 13.8. The summed E-state index contributed by atoms with van der Waals surface area (Å²) in [4.78, 5) is 26.0. The monoisotopic (exact) mass is 334 g/mol. The molecule has 1 atom stereocenters. The lowest BCUT2D eigenvalue weighted by Gasteiger charge is -2.32. The smallest absolute Gasteiger partial charge is 0.269 e. The van der Waals surface area contributed by atoms with Crippen LogP contribution in [0.2, 0.25) is 0 Å². The largest absolute Gasteiger partial charge is 0.339 e. The van der Waals surface area contributed by atoms with Crippen LogP contribution in [0, 0.1) is 11.6 Å². The zero-order valence-electron chi connectivity index (χ0n) is 12.8. The molecule has 0 saturated carbocycles. The van der Waals surface area contributed by atoms with Gasteiger partial charge in [-0.3, -0.25) is 14.7 Å². The first kappa shape index (κ1) is 16.1. The molecule has 1 aromatic heterocycles. The summed E-state index contributed by atoms with van der Waals surface area (Å²) in [7, 11) is 0. The summed E-state index contributed by atoms with van der Waals surface area (Å²) in [6, 6.07) is 4.11. The first-order chi connectivity index (χ1) is 11.5. The maximum atomic E-state index is 13.8. The third-order valence-corrected chi connectivity index (χ3v) is 3.96. The fraction of sp³-hybridized carbons (Fsp3) is 0.312. The molecule has 1 aromatic carbocycles. The normalized spacial score (nSPS) is 17.8. The minimum absolute atomic E-state index is 0.0430. The number of aromatic nitrogens is 2. The van der Waals surface area contributed by atoms with Crippen LogP contribution in [0.5, 0.6) is 0 Å². The third-order valence-electron chi connectivity index (χ3n) is 3.96.